The molecule has 0 radical (unpaired) electrons. The molecular formula is C20H23ClN2O3S. The van der Waals surface area contributed by atoms with Gasteiger partial charge in [-0.1, -0.05) is 29.8 Å². The second kappa shape index (κ2) is 7.62. The molecule has 1 fully saturated rings. The number of nitrogens with zero attached hydrogens (tertiary/aromatic N) is 1. The highest BCUT2D eigenvalue weighted by Crippen LogP contribution is 2.35. The Bertz CT molecular complexity index is 989. The molecule has 0 bridgehead atoms. The average molecular weight is 407 g/mol. The first kappa shape index (κ1) is 19.9. The molecule has 2 aromatic carbocycles. The lowest BCUT2D eigenvalue weighted by atomic mass is 9.99. The Hall–Kier alpha value is -1.89. The maximum atomic E-state index is 13.2. The predicted octanol–water partition coefficient (Wildman–Crippen LogP) is 3.84. The third-order valence-electron chi connectivity index (χ3n) is 5.18. The molecule has 0 aliphatic carbocycles. The largest absolute Gasteiger partial charge is 0.332 e. The molecule has 1 aliphatic rings. The number of benzene rings is 2. The number of halogens is 1. The Kier molecular flexibility index (Phi) is 5.60. The van der Waals surface area contributed by atoms with Crippen LogP contribution in [0.5, 0.6) is 0 Å². The first-order valence-corrected chi connectivity index (χ1v) is 10.7. The maximum absolute atomic E-state index is 13.2. The molecule has 1 aliphatic heterocycles. The first-order chi connectivity index (χ1) is 12.7. The normalized spacial score (nSPS) is 17.3. The van der Waals surface area contributed by atoms with Gasteiger partial charge in [0.05, 0.1) is 21.5 Å². The van der Waals surface area contributed by atoms with Crippen molar-refractivity contribution in [2.75, 3.05) is 13.6 Å². The smallest absolute Gasteiger partial charge is 0.255 e. The molecule has 7 heteroatoms. The molecule has 1 atom stereocenters. The molecule has 1 unspecified atom stereocenters. The molecule has 2 aromatic rings. The summed E-state index contributed by atoms with van der Waals surface area (Å²) >= 11 is 6.24. The number of sulfonamides is 1. The van der Waals surface area contributed by atoms with Crippen LogP contribution in [0.25, 0.3) is 0 Å². The molecule has 0 aromatic heterocycles. The molecular weight excluding hydrogens is 384 g/mol. The van der Waals surface area contributed by atoms with Crippen molar-refractivity contribution < 1.29 is 13.2 Å². The summed E-state index contributed by atoms with van der Waals surface area (Å²) in [5, 5.41) is 0.251. The molecule has 144 valence electrons. The van der Waals surface area contributed by atoms with Gasteiger partial charge in [-0.15, -0.1) is 0 Å². The average Bonchev–Trinajstić information content (AvgIpc) is 3.13. The lowest BCUT2D eigenvalue weighted by Gasteiger charge is -2.26. The van der Waals surface area contributed by atoms with Crippen molar-refractivity contribution in [1.82, 2.24) is 9.62 Å². The molecule has 1 saturated heterocycles. The minimum atomic E-state index is -3.65. The zero-order valence-electron chi connectivity index (χ0n) is 15.6. The van der Waals surface area contributed by atoms with Gasteiger partial charge in [0.25, 0.3) is 5.91 Å². The van der Waals surface area contributed by atoms with Crippen LogP contribution in [0.3, 0.4) is 0 Å². The number of hydrogen-bond acceptors (Lipinski definition) is 3. The Labute approximate surface area is 165 Å². The zero-order chi connectivity index (χ0) is 19.8. The standard InChI is InChI=1S/C20H23ClN2O3S/c1-13-6-7-15(11-14(13)2)19-5-4-10-23(19)20(24)17-12-16(8-9-18(17)21)27(25,26)22-3/h6-9,11-12,19,22H,4-5,10H2,1-3H3. The van der Waals surface area contributed by atoms with Crippen LogP contribution in [0.2, 0.25) is 5.02 Å². The van der Waals surface area contributed by atoms with Crippen molar-refractivity contribution in [3.05, 3.63) is 63.7 Å². The monoisotopic (exact) mass is 406 g/mol. The van der Waals surface area contributed by atoms with Crippen LogP contribution in [0.1, 0.15) is 45.9 Å². The molecule has 3 rings (SSSR count). The molecule has 1 amide bonds. The second-order valence-corrected chi connectivity index (χ2v) is 9.14. The van der Waals surface area contributed by atoms with E-state index in [1.54, 1.807) is 4.90 Å². The summed E-state index contributed by atoms with van der Waals surface area (Å²) in [4.78, 5) is 15.0. The van der Waals surface area contributed by atoms with Crippen molar-refractivity contribution in [2.24, 2.45) is 0 Å². The fourth-order valence-corrected chi connectivity index (χ4v) is 4.39. The van der Waals surface area contributed by atoms with E-state index in [9.17, 15) is 13.2 Å². The Balaban J connectivity index is 1.97. The number of hydrogen-bond donors (Lipinski definition) is 1. The SMILES string of the molecule is CNS(=O)(=O)c1ccc(Cl)c(C(=O)N2CCCC2c2ccc(C)c(C)c2)c1. The number of carbonyl (C=O) groups excluding carboxylic acids is 1. The van der Waals surface area contributed by atoms with Gasteiger partial charge in [0, 0.05) is 6.54 Å². The van der Waals surface area contributed by atoms with Crippen molar-refractivity contribution in [2.45, 2.75) is 37.6 Å². The van der Waals surface area contributed by atoms with E-state index in [0.29, 0.717) is 6.54 Å². The molecule has 0 saturated carbocycles. The van der Waals surface area contributed by atoms with E-state index in [2.05, 4.69) is 36.8 Å². The number of aryl methyl sites for hydroxylation is 2. The highest BCUT2D eigenvalue weighted by molar-refractivity contribution is 7.89. The topological polar surface area (TPSA) is 66.5 Å². The summed E-state index contributed by atoms with van der Waals surface area (Å²) in [7, 11) is -2.31. The summed E-state index contributed by atoms with van der Waals surface area (Å²) in [5.74, 6) is -0.242. The highest BCUT2D eigenvalue weighted by Gasteiger charge is 2.32. The van der Waals surface area contributed by atoms with Gasteiger partial charge in [-0.05, 0) is 68.6 Å². The predicted molar refractivity (Wildman–Crippen MR) is 107 cm³/mol. The maximum Gasteiger partial charge on any atom is 0.255 e. The number of nitrogens with one attached hydrogen (secondary N) is 1. The summed E-state index contributed by atoms with van der Waals surface area (Å²) < 4.78 is 26.4. The third kappa shape index (κ3) is 3.88. The van der Waals surface area contributed by atoms with Gasteiger partial charge >= 0.3 is 0 Å². The molecule has 1 N–H and O–H groups in total. The fraction of sp³-hybridized carbons (Fsp3) is 0.350. The molecule has 0 spiro atoms. The van der Waals surface area contributed by atoms with Gasteiger partial charge in [0.15, 0.2) is 0 Å². The van der Waals surface area contributed by atoms with E-state index < -0.39 is 10.0 Å². The van der Waals surface area contributed by atoms with E-state index >= 15 is 0 Å². The van der Waals surface area contributed by atoms with E-state index in [1.165, 1.54) is 36.4 Å². The van der Waals surface area contributed by atoms with E-state index in [4.69, 9.17) is 11.6 Å². The number of rotatable bonds is 4. The minimum Gasteiger partial charge on any atom is -0.332 e. The zero-order valence-corrected chi connectivity index (χ0v) is 17.2. The van der Waals surface area contributed by atoms with Crippen molar-refractivity contribution in [3.8, 4) is 0 Å². The van der Waals surface area contributed by atoms with Crippen molar-refractivity contribution >= 4 is 27.5 Å². The van der Waals surface area contributed by atoms with Gasteiger partial charge < -0.3 is 4.90 Å². The molecule has 27 heavy (non-hydrogen) atoms. The van der Waals surface area contributed by atoms with Crippen LogP contribution in [-0.2, 0) is 10.0 Å². The van der Waals surface area contributed by atoms with Gasteiger partial charge in [-0.3, -0.25) is 4.79 Å². The Morgan fingerprint density at radius 3 is 2.56 bits per heavy atom. The van der Waals surface area contributed by atoms with E-state index in [0.717, 1.165) is 18.4 Å². The number of amides is 1. The van der Waals surface area contributed by atoms with Gasteiger partial charge in [-0.25, -0.2) is 13.1 Å². The summed E-state index contributed by atoms with van der Waals surface area (Å²) in [6.45, 7) is 4.74. The Morgan fingerprint density at radius 1 is 1.15 bits per heavy atom. The van der Waals surface area contributed by atoms with Crippen LogP contribution >= 0.6 is 11.6 Å². The summed E-state index contributed by atoms with van der Waals surface area (Å²) in [5.41, 5.74) is 3.71. The molecule has 5 nitrogen and oxygen atoms in total. The van der Waals surface area contributed by atoms with Crippen LogP contribution in [0.15, 0.2) is 41.3 Å². The van der Waals surface area contributed by atoms with E-state index in [-0.39, 0.29) is 27.4 Å². The van der Waals surface area contributed by atoms with Crippen molar-refractivity contribution in [3.63, 3.8) is 0 Å². The second-order valence-electron chi connectivity index (χ2n) is 6.85. The third-order valence-corrected chi connectivity index (χ3v) is 6.92. The molecule has 1 heterocycles. The first-order valence-electron chi connectivity index (χ1n) is 8.86. The fourth-order valence-electron chi connectivity index (χ4n) is 3.44. The number of likely N-dealkylation sites (tertiary alicyclic amines) is 1. The van der Waals surface area contributed by atoms with E-state index in [1.807, 2.05) is 0 Å². The quantitative estimate of drug-likeness (QED) is 0.838. The number of carbonyl (C=O) groups is 1. The van der Waals surface area contributed by atoms with Crippen LogP contribution in [0, 0.1) is 13.8 Å². The summed E-state index contributed by atoms with van der Waals surface area (Å²) in [6.07, 6.45) is 1.77. The van der Waals surface area contributed by atoms with Gasteiger partial charge in [-0.2, -0.15) is 0 Å². The van der Waals surface area contributed by atoms with Crippen LogP contribution in [-0.4, -0.2) is 32.8 Å². The lowest BCUT2D eigenvalue weighted by molar-refractivity contribution is 0.0735. The Morgan fingerprint density at radius 2 is 1.89 bits per heavy atom. The minimum absolute atomic E-state index is 0.0275. The highest BCUT2D eigenvalue weighted by atomic mass is 35.5. The summed E-state index contributed by atoms with van der Waals surface area (Å²) in [6, 6.07) is 10.4. The van der Waals surface area contributed by atoms with Gasteiger partial charge in [0.2, 0.25) is 10.0 Å². The van der Waals surface area contributed by atoms with Gasteiger partial charge in [0.1, 0.15) is 0 Å². The van der Waals surface area contributed by atoms with Crippen LogP contribution in [0.4, 0.5) is 0 Å². The lowest BCUT2D eigenvalue weighted by Crippen LogP contribution is -2.31. The van der Waals surface area contributed by atoms with Crippen molar-refractivity contribution in [1.29, 1.82) is 0 Å². The van der Waals surface area contributed by atoms with Crippen LogP contribution < -0.4 is 4.72 Å².